The first-order chi connectivity index (χ1) is 18.2. The normalized spacial score (nSPS) is 23.1. The van der Waals surface area contributed by atoms with Gasteiger partial charge in [0.15, 0.2) is 0 Å². The number of para-hydroxylation sites is 1. The number of hydrogen-bond donors (Lipinski definition) is 1. The summed E-state index contributed by atoms with van der Waals surface area (Å²) in [5, 5.41) is 9.23. The third-order valence-corrected chi connectivity index (χ3v) is 8.28. The highest BCUT2D eigenvalue weighted by Gasteiger charge is 2.48. The smallest absolute Gasteiger partial charge is 0.481 e. The van der Waals surface area contributed by atoms with Gasteiger partial charge in [0.2, 0.25) is 0 Å². The fourth-order valence-electron chi connectivity index (χ4n) is 6.47. The van der Waals surface area contributed by atoms with E-state index in [1.807, 2.05) is 23.1 Å². The molecule has 3 atom stereocenters. The zero-order chi connectivity index (χ0) is 26.9. The molecule has 204 valence electrons. The lowest BCUT2D eigenvalue weighted by Gasteiger charge is -2.49. The van der Waals surface area contributed by atoms with E-state index in [2.05, 4.69) is 15.7 Å². The van der Waals surface area contributed by atoms with E-state index in [4.69, 9.17) is 0 Å². The number of nitrogens with zero attached hydrogens (tertiary/aromatic N) is 2. The summed E-state index contributed by atoms with van der Waals surface area (Å²) in [6.45, 7) is 1.62. The zero-order valence-electron chi connectivity index (χ0n) is 21.2. The average molecular weight is 531 g/mol. The molecule has 1 aliphatic heterocycles. The molecule has 0 saturated heterocycles. The number of carbonyl (C=O) groups is 2. The van der Waals surface area contributed by atoms with Crippen molar-refractivity contribution in [2.75, 3.05) is 18.0 Å². The number of anilines is 1. The highest BCUT2D eigenvalue weighted by molar-refractivity contribution is 6.07. The van der Waals surface area contributed by atoms with Crippen molar-refractivity contribution >= 4 is 17.6 Å². The Morgan fingerprint density at radius 2 is 1.71 bits per heavy atom. The zero-order valence-corrected chi connectivity index (χ0v) is 21.2. The molecule has 0 radical (unpaired) electrons. The molecule has 5 rings (SSSR count). The molecule has 9 heteroatoms. The quantitative estimate of drug-likeness (QED) is 0.405. The summed E-state index contributed by atoms with van der Waals surface area (Å²) in [7, 11) is 0. The SMILES string of the molecule is O=C(O)CCCN(CC1CCC1)C1c2ccccc2N(C(=O)c2ccc(OC(F)(F)F)cc2)C2CCCC12. The van der Waals surface area contributed by atoms with Crippen molar-refractivity contribution in [1.29, 1.82) is 0 Å². The van der Waals surface area contributed by atoms with E-state index in [1.165, 1.54) is 43.5 Å². The molecule has 0 aromatic heterocycles. The van der Waals surface area contributed by atoms with Crippen LogP contribution in [0, 0.1) is 11.8 Å². The fraction of sp³-hybridized carbons (Fsp3) is 0.517. The van der Waals surface area contributed by atoms with Crippen LogP contribution in [0.15, 0.2) is 48.5 Å². The summed E-state index contributed by atoms with van der Waals surface area (Å²) in [6.07, 6.45) is 2.32. The summed E-state index contributed by atoms with van der Waals surface area (Å²) >= 11 is 0. The number of amides is 1. The third kappa shape index (κ3) is 5.67. The average Bonchev–Trinajstić information content (AvgIpc) is 3.31. The van der Waals surface area contributed by atoms with Gasteiger partial charge in [0, 0.05) is 36.3 Å². The maximum Gasteiger partial charge on any atom is 0.573 e. The molecule has 2 saturated carbocycles. The van der Waals surface area contributed by atoms with Crippen molar-refractivity contribution in [3.63, 3.8) is 0 Å². The highest BCUT2D eigenvalue weighted by Crippen LogP contribution is 2.51. The number of halogens is 3. The number of ether oxygens (including phenoxy) is 1. The van der Waals surface area contributed by atoms with E-state index < -0.39 is 12.3 Å². The van der Waals surface area contributed by atoms with Gasteiger partial charge < -0.3 is 14.7 Å². The standard InChI is InChI=1S/C29H33F3N2O4/c30-29(31,32)38-21-15-13-20(14-16-21)28(37)34-24-10-2-1-8-22(24)27(23-9-4-11-25(23)34)33(17-5-12-26(35)36)18-19-6-3-7-19/h1-2,8,10,13-16,19,23,25,27H,3-7,9,11-12,17-18H2,(H,35,36). The minimum Gasteiger partial charge on any atom is -0.481 e. The molecule has 2 aromatic carbocycles. The van der Waals surface area contributed by atoms with Gasteiger partial charge in [-0.2, -0.15) is 0 Å². The van der Waals surface area contributed by atoms with Gasteiger partial charge in [-0.1, -0.05) is 31.0 Å². The number of rotatable bonds is 9. The number of benzene rings is 2. The number of hydrogen-bond acceptors (Lipinski definition) is 4. The molecule has 1 heterocycles. The second-order valence-corrected chi connectivity index (χ2v) is 10.7. The summed E-state index contributed by atoms with van der Waals surface area (Å²) in [5.41, 5.74) is 2.21. The molecule has 38 heavy (non-hydrogen) atoms. The number of fused-ring (bicyclic) bond motifs is 2. The van der Waals surface area contributed by atoms with Crippen LogP contribution in [0.3, 0.4) is 0 Å². The maximum atomic E-state index is 13.8. The molecule has 6 nitrogen and oxygen atoms in total. The predicted octanol–water partition coefficient (Wildman–Crippen LogP) is 6.42. The van der Waals surface area contributed by atoms with Crippen LogP contribution in [0.1, 0.15) is 73.3 Å². The van der Waals surface area contributed by atoms with Gasteiger partial charge in [-0.3, -0.25) is 14.5 Å². The Bertz CT molecular complexity index is 1150. The molecular formula is C29H33F3N2O4. The van der Waals surface area contributed by atoms with Crippen LogP contribution in [0.4, 0.5) is 18.9 Å². The van der Waals surface area contributed by atoms with E-state index in [0.29, 0.717) is 24.4 Å². The first-order valence-corrected chi connectivity index (χ1v) is 13.5. The van der Waals surface area contributed by atoms with E-state index in [0.717, 1.165) is 37.1 Å². The lowest BCUT2D eigenvalue weighted by molar-refractivity contribution is -0.274. The number of alkyl halides is 3. The lowest BCUT2D eigenvalue weighted by Crippen LogP contribution is -2.52. The Morgan fingerprint density at radius 1 is 1.00 bits per heavy atom. The van der Waals surface area contributed by atoms with E-state index in [-0.39, 0.29) is 36.1 Å². The largest absolute Gasteiger partial charge is 0.573 e. The maximum absolute atomic E-state index is 13.8. The first kappa shape index (κ1) is 26.5. The Hall–Kier alpha value is -3.07. The number of carboxylic acid groups (broad SMARTS) is 1. The fourth-order valence-corrected chi connectivity index (χ4v) is 6.47. The minimum atomic E-state index is -4.79. The Kier molecular flexibility index (Phi) is 7.66. The minimum absolute atomic E-state index is 0.0307. The molecular weight excluding hydrogens is 497 g/mol. The lowest BCUT2D eigenvalue weighted by atomic mass is 9.79. The molecule has 1 N–H and O–H groups in total. The predicted molar refractivity (Wildman–Crippen MR) is 136 cm³/mol. The number of carboxylic acids is 1. The van der Waals surface area contributed by atoms with Crippen LogP contribution in [-0.2, 0) is 4.79 Å². The summed E-state index contributed by atoms with van der Waals surface area (Å²) in [4.78, 5) is 29.4. The van der Waals surface area contributed by atoms with Gasteiger partial charge in [0.05, 0.1) is 0 Å². The molecule has 2 fully saturated rings. The third-order valence-electron chi connectivity index (χ3n) is 8.28. The van der Waals surface area contributed by atoms with Crippen molar-refractivity contribution in [1.82, 2.24) is 4.90 Å². The van der Waals surface area contributed by atoms with Gasteiger partial charge in [0.25, 0.3) is 5.91 Å². The Morgan fingerprint density at radius 3 is 2.37 bits per heavy atom. The first-order valence-electron chi connectivity index (χ1n) is 13.5. The van der Waals surface area contributed by atoms with E-state index >= 15 is 0 Å². The van der Waals surface area contributed by atoms with Crippen molar-refractivity contribution in [3.8, 4) is 5.75 Å². The van der Waals surface area contributed by atoms with Crippen molar-refractivity contribution in [2.45, 2.75) is 69.8 Å². The molecule has 0 bridgehead atoms. The monoisotopic (exact) mass is 530 g/mol. The summed E-state index contributed by atoms with van der Waals surface area (Å²) in [5.74, 6) is -0.571. The van der Waals surface area contributed by atoms with E-state index in [1.54, 1.807) is 0 Å². The van der Waals surface area contributed by atoms with Gasteiger partial charge >= 0.3 is 12.3 Å². The summed E-state index contributed by atoms with van der Waals surface area (Å²) < 4.78 is 41.8. The van der Waals surface area contributed by atoms with Crippen molar-refractivity contribution in [3.05, 3.63) is 59.7 Å². The Labute approximate surface area is 220 Å². The molecule has 3 unspecified atom stereocenters. The van der Waals surface area contributed by atoms with Crippen molar-refractivity contribution < 1.29 is 32.6 Å². The van der Waals surface area contributed by atoms with Crippen LogP contribution in [-0.4, -0.2) is 47.4 Å². The molecule has 3 aliphatic rings. The molecule has 0 spiro atoms. The van der Waals surface area contributed by atoms with Gasteiger partial charge in [0.1, 0.15) is 5.75 Å². The molecule has 2 aromatic rings. The van der Waals surface area contributed by atoms with Crippen LogP contribution in [0.2, 0.25) is 0 Å². The number of aliphatic carboxylic acids is 1. The number of carbonyl (C=O) groups excluding carboxylic acids is 1. The highest BCUT2D eigenvalue weighted by atomic mass is 19.4. The van der Waals surface area contributed by atoms with E-state index in [9.17, 15) is 27.9 Å². The molecule has 1 amide bonds. The van der Waals surface area contributed by atoms with Crippen LogP contribution in [0.5, 0.6) is 5.75 Å². The van der Waals surface area contributed by atoms with Crippen LogP contribution >= 0.6 is 0 Å². The second-order valence-electron chi connectivity index (χ2n) is 10.7. The van der Waals surface area contributed by atoms with Gasteiger partial charge in [-0.15, -0.1) is 13.2 Å². The Balaban J connectivity index is 1.46. The molecule has 2 aliphatic carbocycles. The van der Waals surface area contributed by atoms with Crippen molar-refractivity contribution in [2.24, 2.45) is 11.8 Å². The van der Waals surface area contributed by atoms with Gasteiger partial charge in [-0.25, -0.2) is 0 Å². The second kappa shape index (κ2) is 11.0. The van der Waals surface area contributed by atoms with Crippen LogP contribution < -0.4 is 9.64 Å². The topological polar surface area (TPSA) is 70.1 Å². The summed E-state index contributed by atoms with van der Waals surface area (Å²) in [6, 6.07) is 13.1. The van der Waals surface area contributed by atoms with Gasteiger partial charge in [-0.05, 0) is 86.4 Å². The van der Waals surface area contributed by atoms with Crippen LogP contribution in [0.25, 0.3) is 0 Å².